The smallest absolute Gasteiger partial charge is 0.176 e. The zero-order valence-corrected chi connectivity index (χ0v) is 11.7. The summed E-state index contributed by atoms with van der Waals surface area (Å²) in [6, 6.07) is 14.4. The third-order valence-corrected chi connectivity index (χ3v) is 3.20. The largest absolute Gasteiger partial charge is 0.306 e. The summed E-state index contributed by atoms with van der Waals surface area (Å²) >= 11 is 11.6. The predicted molar refractivity (Wildman–Crippen MR) is 78.9 cm³/mol. The van der Waals surface area contributed by atoms with E-state index in [1.54, 1.807) is 24.3 Å². The molecule has 0 heterocycles. The van der Waals surface area contributed by atoms with Crippen LogP contribution >= 0.6 is 23.2 Å². The molecule has 0 aliphatic rings. The van der Waals surface area contributed by atoms with Crippen LogP contribution in [0, 0.1) is 0 Å². The van der Waals surface area contributed by atoms with E-state index in [-0.39, 0.29) is 5.78 Å². The number of carbonyl (C=O) groups is 1. The quantitative estimate of drug-likeness (QED) is 0.845. The Morgan fingerprint density at radius 3 is 2.00 bits per heavy atom. The molecule has 0 aliphatic heterocycles. The van der Waals surface area contributed by atoms with E-state index in [2.05, 4.69) is 5.32 Å². The number of halogens is 2. The Labute approximate surface area is 122 Å². The molecule has 0 saturated heterocycles. The number of ketones is 1. The first-order valence-corrected chi connectivity index (χ1v) is 6.64. The third-order valence-electron chi connectivity index (χ3n) is 2.69. The number of hydrogen-bond donors (Lipinski definition) is 1. The molecule has 0 fully saturated rings. The maximum Gasteiger partial charge on any atom is 0.176 e. The number of carbonyl (C=O) groups excluding carboxylic acids is 1. The Hall–Kier alpha value is -1.35. The number of nitrogens with one attached hydrogen (secondary N) is 1. The molecule has 0 aliphatic carbocycles. The highest BCUT2D eigenvalue weighted by molar-refractivity contribution is 6.30. The van der Waals surface area contributed by atoms with Crippen molar-refractivity contribution >= 4 is 29.0 Å². The van der Waals surface area contributed by atoms with Crippen molar-refractivity contribution in [2.24, 2.45) is 0 Å². The monoisotopic (exact) mass is 293 g/mol. The van der Waals surface area contributed by atoms with Crippen molar-refractivity contribution in [1.29, 1.82) is 0 Å². The molecule has 1 N–H and O–H groups in total. The van der Waals surface area contributed by atoms with Crippen molar-refractivity contribution in [3.05, 3.63) is 69.7 Å². The highest BCUT2D eigenvalue weighted by Gasteiger charge is 2.04. The average molecular weight is 294 g/mol. The van der Waals surface area contributed by atoms with Gasteiger partial charge in [-0.05, 0) is 42.0 Å². The molecule has 0 spiro atoms. The number of benzene rings is 2. The lowest BCUT2D eigenvalue weighted by Gasteiger charge is -2.05. The lowest BCUT2D eigenvalue weighted by molar-refractivity contribution is 0.0991. The van der Waals surface area contributed by atoms with Crippen LogP contribution in [0.5, 0.6) is 0 Å². The summed E-state index contributed by atoms with van der Waals surface area (Å²) in [5.41, 5.74) is 1.75. The molecule has 2 nitrogen and oxygen atoms in total. The standard InChI is InChI=1S/C15H13Cl2NO/c16-13-5-1-11(2-6-13)9-18-10-15(19)12-3-7-14(17)8-4-12/h1-8,18H,9-10H2. The summed E-state index contributed by atoms with van der Waals surface area (Å²) < 4.78 is 0. The van der Waals surface area contributed by atoms with Crippen LogP contribution in [-0.4, -0.2) is 12.3 Å². The van der Waals surface area contributed by atoms with Crippen LogP contribution in [0.2, 0.25) is 10.0 Å². The van der Waals surface area contributed by atoms with Crippen molar-refractivity contribution in [3.8, 4) is 0 Å². The van der Waals surface area contributed by atoms with Crippen LogP contribution < -0.4 is 5.32 Å². The number of hydrogen-bond acceptors (Lipinski definition) is 2. The first-order chi connectivity index (χ1) is 9.15. The van der Waals surface area contributed by atoms with Gasteiger partial charge in [-0.25, -0.2) is 0 Å². The van der Waals surface area contributed by atoms with Gasteiger partial charge < -0.3 is 5.32 Å². The molecular weight excluding hydrogens is 281 g/mol. The highest BCUT2D eigenvalue weighted by Crippen LogP contribution is 2.10. The first-order valence-electron chi connectivity index (χ1n) is 5.89. The maximum atomic E-state index is 11.9. The highest BCUT2D eigenvalue weighted by atomic mass is 35.5. The summed E-state index contributed by atoms with van der Waals surface area (Å²) in [6.07, 6.45) is 0. The van der Waals surface area contributed by atoms with E-state index in [0.29, 0.717) is 28.7 Å². The van der Waals surface area contributed by atoms with Gasteiger partial charge in [-0.3, -0.25) is 4.79 Å². The van der Waals surface area contributed by atoms with Crippen LogP contribution in [-0.2, 0) is 6.54 Å². The average Bonchev–Trinajstić information content (AvgIpc) is 2.41. The Kier molecular flexibility index (Phi) is 4.97. The molecule has 2 rings (SSSR count). The van der Waals surface area contributed by atoms with Crippen LogP contribution in [0.1, 0.15) is 15.9 Å². The van der Waals surface area contributed by atoms with Crippen LogP contribution in [0.3, 0.4) is 0 Å². The second-order valence-corrected chi connectivity index (χ2v) is 5.03. The SMILES string of the molecule is O=C(CNCc1ccc(Cl)cc1)c1ccc(Cl)cc1. The zero-order chi connectivity index (χ0) is 13.7. The molecule has 2 aromatic carbocycles. The normalized spacial score (nSPS) is 10.4. The molecule has 19 heavy (non-hydrogen) atoms. The second kappa shape index (κ2) is 6.71. The van der Waals surface area contributed by atoms with Gasteiger partial charge in [0.15, 0.2) is 5.78 Å². The minimum absolute atomic E-state index is 0.0469. The van der Waals surface area contributed by atoms with E-state index in [1.165, 1.54) is 0 Å². The lowest BCUT2D eigenvalue weighted by atomic mass is 10.1. The molecule has 2 aromatic rings. The number of rotatable bonds is 5. The maximum absolute atomic E-state index is 11.9. The Balaban J connectivity index is 1.84. The molecule has 98 valence electrons. The summed E-state index contributed by atoms with van der Waals surface area (Å²) in [7, 11) is 0. The molecule has 0 aromatic heterocycles. The Bertz CT molecular complexity index is 549. The van der Waals surface area contributed by atoms with Gasteiger partial charge in [0.05, 0.1) is 6.54 Å². The molecular formula is C15H13Cl2NO. The van der Waals surface area contributed by atoms with Crippen LogP contribution in [0.15, 0.2) is 48.5 Å². The minimum Gasteiger partial charge on any atom is -0.306 e. The van der Waals surface area contributed by atoms with Gasteiger partial charge in [0, 0.05) is 22.2 Å². The lowest BCUT2D eigenvalue weighted by Crippen LogP contribution is -2.22. The summed E-state index contributed by atoms with van der Waals surface area (Å²) in [6.45, 7) is 0.931. The minimum atomic E-state index is 0.0469. The van der Waals surface area contributed by atoms with Crippen molar-refractivity contribution in [2.75, 3.05) is 6.54 Å². The summed E-state index contributed by atoms with van der Waals surface area (Å²) in [5.74, 6) is 0.0469. The van der Waals surface area contributed by atoms with E-state index >= 15 is 0 Å². The van der Waals surface area contributed by atoms with Crippen LogP contribution in [0.4, 0.5) is 0 Å². The van der Waals surface area contributed by atoms with Gasteiger partial charge in [-0.1, -0.05) is 35.3 Å². The predicted octanol–water partition coefficient (Wildman–Crippen LogP) is 3.97. The van der Waals surface area contributed by atoms with E-state index in [9.17, 15) is 4.79 Å². The van der Waals surface area contributed by atoms with Crippen molar-refractivity contribution < 1.29 is 4.79 Å². The summed E-state index contributed by atoms with van der Waals surface area (Å²) in [4.78, 5) is 11.9. The fourth-order valence-electron chi connectivity index (χ4n) is 1.66. The fraction of sp³-hybridized carbons (Fsp3) is 0.133. The Morgan fingerprint density at radius 2 is 1.42 bits per heavy atom. The van der Waals surface area contributed by atoms with Crippen molar-refractivity contribution in [1.82, 2.24) is 5.32 Å². The molecule has 0 amide bonds. The van der Waals surface area contributed by atoms with Gasteiger partial charge in [0.1, 0.15) is 0 Å². The second-order valence-electron chi connectivity index (χ2n) is 4.16. The van der Waals surface area contributed by atoms with Gasteiger partial charge in [-0.15, -0.1) is 0 Å². The molecule has 0 saturated carbocycles. The van der Waals surface area contributed by atoms with Gasteiger partial charge in [0.2, 0.25) is 0 Å². The molecule has 0 radical (unpaired) electrons. The summed E-state index contributed by atoms with van der Waals surface area (Å²) in [5, 5.41) is 4.45. The fourth-order valence-corrected chi connectivity index (χ4v) is 1.91. The van der Waals surface area contributed by atoms with E-state index in [4.69, 9.17) is 23.2 Å². The Morgan fingerprint density at radius 1 is 0.895 bits per heavy atom. The van der Waals surface area contributed by atoms with Gasteiger partial charge in [-0.2, -0.15) is 0 Å². The van der Waals surface area contributed by atoms with Gasteiger partial charge in [0.25, 0.3) is 0 Å². The van der Waals surface area contributed by atoms with Crippen molar-refractivity contribution in [2.45, 2.75) is 6.54 Å². The van der Waals surface area contributed by atoms with Gasteiger partial charge >= 0.3 is 0 Å². The van der Waals surface area contributed by atoms with Crippen molar-refractivity contribution in [3.63, 3.8) is 0 Å². The molecule has 4 heteroatoms. The zero-order valence-electron chi connectivity index (χ0n) is 10.2. The van der Waals surface area contributed by atoms with E-state index in [0.717, 1.165) is 5.56 Å². The number of Topliss-reactive ketones (excluding diaryl/α,β-unsaturated/α-hetero) is 1. The molecule has 0 bridgehead atoms. The van der Waals surface area contributed by atoms with E-state index < -0.39 is 0 Å². The topological polar surface area (TPSA) is 29.1 Å². The molecule has 0 atom stereocenters. The molecule has 0 unspecified atom stereocenters. The first kappa shape index (κ1) is 14.1. The van der Waals surface area contributed by atoms with E-state index in [1.807, 2.05) is 24.3 Å². The third kappa shape index (κ3) is 4.35. The van der Waals surface area contributed by atoms with Crippen LogP contribution in [0.25, 0.3) is 0 Å².